The summed E-state index contributed by atoms with van der Waals surface area (Å²) in [4.78, 5) is 15.5. The van der Waals surface area contributed by atoms with Gasteiger partial charge in [0, 0.05) is 16.9 Å². The molecule has 0 amide bonds. The average Bonchev–Trinajstić information content (AvgIpc) is 3.18. The van der Waals surface area contributed by atoms with Gasteiger partial charge >= 0.3 is 0 Å². The van der Waals surface area contributed by atoms with Gasteiger partial charge in [-0.1, -0.05) is 36.4 Å². The van der Waals surface area contributed by atoms with Gasteiger partial charge in [0.1, 0.15) is 0 Å². The summed E-state index contributed by atoms with van der Waals surface area (Å²) in [5.74, 6) is 0. The predicted octanol–water partition coefficient (Wildman–Crippen LogP) is 1.62. The first kappa shape index (κ1) is 15.1. The number of para-hydroxylation sites is 1. The van der Waals surface area contributed by atoms with Crippen LogP contribution in [-0.2, 0) is 6.42 Å². The van der Waals surface area contributed by atoms with E-state index in [1.54, 1.807) is 0 Å². The van der Waals surface area contributed by atoms with Crippen molar-refractivity contribution < 1.29 is 0 Å². The molecule has 0 saturated carbocycles. The molecule has 0 saturated heterocycles. The molecule has 0 aliphatic carbocycles. The molecule has 0 aliphatic rings. The lowest BCUT2D eigenvalue weighted by Crippen LogP contribution is -2.33. The molecule has 0 radical (unpaired) electrons. The van der Waals surface area contributed by atoms with Gasteiger partial charge in [-0.3, -0.25) is 15.0 Å². The monoisotopic (exact) mass is 330 g/mol. The van der Waals surface area contributed by atoms with Crippen LogP contribution in [0.4, 0.5) is 5.69 Å². The molecule has 5 nitrogen and oxygen atoms in total. The smallest absolute Gasteiger partial charge is 0.271 e. The van der Waals surface area contributed by atoms with Crippen LogP contribution >= 0.6 is 0 Å². The Bertz CT molecular complexity index is 1160. The molecule has 2 aromatic carbocycles. The summed E-state index contributed by atoms with van der Waals surface area (Å²) in [5.41, 5.74) is 9.39. The maximum absolute atomic E-state index is 12.1. The Kier molecular flexibility index (Phi) is 3.74. The lowest BCUT2D eigenvalue weighted by Gasteiger charge is -1.96. The van der Waals surface area contributed by atoms with Crippen molar-refractivity contribution in [3.05, 3.63) is 86.8 Å². The van der Waals surface area contributed by atoms with Gasteiger partial charge in [-0.05, 0) is 47.7 Å². The van der Waals surface area contributed by atoms with Crippen LogP contribution in [-0.4, -0.2) is 15.2 Å². The first-order chi connectivity index (χ1) is 12.2. The fourth-order valence-electron chi connectivity index (χ4n) is 2.89. The van der Waals surface area contributed by atoms with Crippen LogP contribution in [0.1, 0.15) is 11.3 Å². The quantitative estimate of drug-likeness (QED) is 0.430. The van der Waals surface area contributed by atoms with E-state index in [1.165, 1.54) is 0 Å². The Morgan fingerprint density at radius 2 is 1.80 bits per heavy atom. The first-order valence-electron chi connectivity index (χ1n) is 8.10. The van der Waals surface area contributed by atoms with Crippen molar-refractivity contribution in [1.82, 2.24) is 15.2 Å². The summed E-state index contributed by atoms with van der Waals surface area (Å²) >= 11 is 0. The van der Waals surface area contributed by atoms with Gasteiger partial charge in [0.2, 0.25) is 0 Å². The van der Waals surface area contributed by atoms with Crippen LogP contribution < -0.4 is 21.9 Å². The van der Waals surface area contributed by atoms with Crippen LogP contribution in [0.2, 0.25) is 0 Å². The van der Waals surface area contributed by atoms with Crippen LogP contribution in [0, 0.1) is 0 Å². The van der Waals surface area contributed by atoms with Gasteiger partial charge in [-0.25, -0.2) is 0 Å². The number of nitrogens with two attached hydrogens (primary N) is 1. The fraction of sp³-hybridized carbons (Fsp3) is 0.0500. The maximum Gasteiger partial charge on any atom is 0.271 e. The summed E-state index contributed by atoms with van der Waals surface area (Å²) in [6, 6.07) is 17.8. The lowest BCUT2D eigenvalue weighted by atomic mass is 10.1. The highest BCUT2D eigenvalue weighted by Gasteiger charge is 2.00. The van der Waals surface area contributed by atoms with Gasteiger partial charge in [0.25, 0.3) is 5.56 Å². The fourth-order valence-corrected chi connectivity index (χ4v) is 2.89. The highest BCUT2D eigenvalue weighted by atomic mass is 16.1. The van der Waals surface area contributed by atoms with Crippen LogP contribution in [0.3, 0.4) is 0 Å². The SMILES string of the molecule is Nc1ccc(CC=c2[nH][nH]c(=O)c2=Cc2cc3ccccc3[nH]2)cc1. The Morgan fingerprint density at radius 1 is 1.00 bits per heavy atom. The van der Waals surface area contributed by atoms with Gasteiger partial charge < -0.3 is 10.7 Å². The maximum atomic E-state index is 12.1. The molecule has 4 aromatic rings. The summed E-state index contributed by atoms with van der Waals surface area (Å²) in [7, 11) is 0. The van der Waals surface area contributed by atoms with E-state index in [1.807, 2.05) is 66.7 Å². The lowest BCUT2D eigenvalue weighted by molar-refractivity contribution is 1.03. The number of H-pyrrole nitrogens is 3. The second-order valence-corrected chi connectivity index (χ2v) is 6.01. The molecule has 0 fully saturated rings. The van der Waals surface area contributed by atoms with Crippen molar-refractivity contribution in [1.29, 1.82) is 0 Å². The van der Waals surface area contributed by atoms with Crippen molar-refractivity contribution >= 4 is 28.7 Å². The highest BCUT2D eigenvalue weighted by Crippen LogP contribution is 2.14. The number of nitrogen functional groups attached to an aromatic ring is 1. The summed E-state index contributed by atoms with van der Waals surface area (Å²) in [6.45, 7) is 0. The number of aromatic amines is 3. The van der Waals surface area contributed by atoms with Gasteiger partial charge in [-0.2, -0.15) is 0 Å². The zero-order valence-corrected chi connectivity index (χ0v) is 13.5. The third-order valence-electron chi connectivity index (χ3n) is 4.22. The Balaban J connectivity index is 1.75. The van der Waals surface area contributed by atoms with E-state index >= 15 is 0 Å². The molecule has 25 heavy (non-hydrogen) atoms. The number of anilines is 1. The van der Waals surface area contributed by atoms with E-state index in [2.05, 4.69) is 15.2 Å². The van der Waals surface area contributed by atoms with Crippen molar-refractivity contribution in [2.24, 2.45) is 0 Å². The van der Waals surface area contributed by atoms with E-state index < -0.39 is 0 Å². The molecular formula is C20H18N4O. The van der Waals surface area contributed by atoms with Crippen molar-refractivity contribution in [3.63, 3.8) is 0 Å². The molecule has 2 aromatic heterocycles. The molecule has 4 rings (SSSR count). The molecule has 0 aliphatic heterocycles. The summed E-state index contributed by atoms with van der Waals surface area (Å²) in [6.07, 6.45) is 4.57. The topological polar surface area (TPSA) is 90.5 Å². The average molecular weight is 330 g/mol. The zero-order chi connectivity index (χ0) is 17.2. The normalized spacial score (nSPS) is 13.0. The molecule has 5 heteroatoms. The van der Waals surface area contributed by atoms with Gasteiger partial charge in [0.15, 0.2) is 0 Å². The minimum absolute atomic E-state index is 0.137. The second kappa shape index (κ2) is 6.20. The molecule has 0 atom stereocenters. The van der Waals surface area contributed by atoms with Crippen LogP contribution in [0.15, 0.2) is 59.4 Å². The van der Waals surface area contributed by atoms with Gasteiger partial charge in [0.05, 0.1) is 10.6 Å². The minimum Gasteiger partial charge on any atom is -0.399 e. The molecule has 2 heterocycles. The molecule has 5 N–H and O–H groups in total. The number of fused-ring (bicyclic) bond motifs is 1. The predicted molar refractivity (Wildman–Crippen MR) is 102 cm³/mol. The molecule has 0 bridgehead atoms. The third kappa shape index (κ3) is 3.12. The Morgan fingerprint density at radius 3 is 2.60 bits per heavy atom. The highest BCUT2D eigenvalue weighted by molar-refractivity contribution is 5.82. The largest absolute Gasteiger partial charge is 0.399 e. The number of nitrogens with one attached hydrogen (secondary N) is 3. The van der Waals surface area contributed by atoms with E-state index in [0.29, 0.717) is 11.6 Å². The van der Waals surface area contributed by atoms with Gasteiger partial charge in [-0.15, -0.1) is 0 Å². The number of benzene rings is 2. The van der Waals surface area contributed by atoms with E-state index in [0.717, 1.165) is 33.2 Å². The number of rotatable bonds is 3. The Hall–Kier alpha value is -3.47. The van der Waals surface area contributed by atoms with Crippen molar-refractivity contribution in [3.8, 4) is 0 Å². The van der Waals surface area contributed by atoms with Crippen LogP contribution in [0.5, 0.6) is 0 Å². The number of hydrogen-bond donors (Lipinski definition) is 4. The molecule has 0 unspecified atom stereocenters. The molecular weight excluding hydrogens is 312 g/mol. The van der Waals surface area contributed by atoms with Crippen molar-refractivity contribution in [2.75, 3.05) is 5.73 Å². The third-order valence-corrected chi connectivity index (χ3v) is 4.22. The Labute approximate surface area is 143 Å². The molecule has 124 valence electrons. The standard InChI is InChI=1S/C20H18N4O/c21-15-8-5-13(6-9-15)7-10-19-17(20(25)24-23-19)12-16-11-14-3-1-2-4-18(14)22-16/h1-6,8-12,22-23H,7,21H2,(H,24,25). The zero-order valence-electron chi connectivity index (χ0n) is 13.5. The first-order valence-corrected chi connectivity index (χ1v) is 8.10. The summed E-state index contributed by atoms with van der Waals surface area (Å²) < 4.78 is 0. The minimum atomic E-state index is -0.137. The molecule has 0 spiro atoms. The van der Waals surface area contributed by atoms with Crippen molar-refractivity contribution in [2.45, 2.75) is 6.42 Å². The summed E-state index contributed by atoms with van der Waals surface area (Å²) in [5, 5.41) is 8.12. The number of aromatic nitrogens is 3. The van der Waals surface area contributed by atoms with E-state index in [9.17, 15) is 4.79 Å². The van der Waals surface area contributed by atoms with E-state index in [-0.39, 0.29) is 5.56 Å². The number of hydrogen-bond acceptors (Lipinski definition) is 2. The van der Waals surface area contributed by atoms with Crippen LogP contribution in [0.25, 0.3) is 23.1 Å². The van der Waals surface area contributed by atoms with E-state index in [4.69, 9.17) is 5.73 Å². The second-order valence-electron chi connectivity index (χ2n) is 6.01.